The normalized spacial score (nSPS) is 14.3. The van der Waals surface area contributed by atoms with Crippen molar-refractivity contribution in [2.24, 2.45) is 5.92 Å². The highest BCUT2D eigenvalue weighted by molar-refractivity contribution is 7.47. The van der Waals surface area contributed by atoms with E-state index in [1.165, 1.54) is 116 Å². The zero-order valence-corrected chi connectivity index (χ0v) is 53.7. The summed E-state index contributed by atoms with van der Waals surface area (Å²) in [7, 11) is -9.87. The number of carbonyl (C=O) groups excluding carboxylic acids is 4. The molecule has 5 atom stereocenters. The first-order chi connectivity index (χ1) is 39.0. The Hall–Kier alpha value is -1.94. The van der Waals surface area contributed by atoms with Gasteiger partial charge in [-0.3, -0.25) is 37.3 Å². The fourth-order valence-electron chi connectivity index (χ4n) is 9.23. The van der Waals surface area contributed by atoms with Gasteiger partial charge < -0.3 is 33.8 Å². The molecule has 0 aliphatic heterocycles. The number of aliphatic hydroxyl groups excluding tert-OH is 1. The van der Waals surface area contributed by atoms with Gasteiger partial charge in [0.05, 0.1) is 26.4 Å². The number of carbonyl (C=O) groups is 4. The van der Waals surface area contributed by atoms with E-state index in [-0.39, 0.29) is 25.7 Å². The summed E-state index contributed by atoms with van der Waals surface area (Å²) >= 11 is 0. The van der Waals surface area contributed by atoms with Gasteiger partial charge in [-0.25, -0.2) is 9.13 Å². The molecule has 0 aromatic heterocycles. The first-order valence-electron chi connectivity index (χ1n) is 32.6. The molecule has 0 spiro atoms. The topological polar surface area (TPSA) is 237 Å². The maximum atomic E-state index is 13.0. The number of aliphatic hydroxyl groups is 1. The summed E-state index contributed by atoms with van der Waals surface area (Å²) in [5.41, 5.74) is 0. The van der Waals surface area contributed by atoms with Crippen molar-refractivity contribution in [1.82, 2.24) is 0 Å². The Bertz CT molecular complexity index is 1580. The van der Waals surface area contributed by atoms with Crippen LogP contribution in [0.4, 0.5) is 0 Å². The van der Waals surface area contributed by atoms with Crippen molar-refractivity contribution in [2.45, 2.75) is 329 Å². The van der Waals surface area contributed by atoms with Crippen LogP contribution in [0.3, 0.4) is 0 Å². The summed E-state index contributed by atoms with van der Waals surface area (Å²) < 4.78 is 67.8. The molecule has 0 radical (unpaired) electrons. The van der Waals surface area contributed by atoms with Crippen LogP contribution in [-0.4, -0.2) is 96.7 Å². The second kappa shape index (κ2) is 55.9. The van der Waals surface area contributed by atoms with Crippen LogP contribution in [0.5, 0.6) is 0 Å². The molecule has 0 saturated carbocycles. The molecule has 0 heterocycles. The molecule has 0 bridgehead atoms. The van der Waals surface area contributed by atoms with E-state index >= 15 is 0 Å². The van der Waals surface area contributed by atoms with Crippen LogP contribution >= 0.6 is 15.6 Å². The first-order valence-corrected chi connectivity index (χ1v) is 35.6. The van der Waals surface area contributed by atoms with Crippen molar-refractivity contribution in [1.29, 1.82) is 0 Å². The molecule has 0 aromatic rings. The molecule has 0 saturated heterocycles. The number of hydrogen-bond donors (Lipinski definition) is 3. The molecule has 19 heteroatoms. The van der Waals surface area contributed by atoms with Crippen LogP contribution in [0, 0.1) is 5.92 Å². The van der Waals surface area contributed by atoms with Gasteiger partial charge in [-0.15, -0.1) is 0 Å². The van der Waals surface area contributed by atoms with Crippen molar-refractivity contribution < 1.29 is 80.2 Å². The smallest absolute Gasteiger partial charge is 0.462 e. The minimum atomic E-state index is -4.94. The average molecular weight is 1200 g/mol. The summed E-state index contributed by atoms with van der Waals surface area (Å²) in [6.45, 7) is 7.08. The van der Waals surface area contributed by atoms with E-state index in [1.54, 1.807) is 0 Å². The zero-order valence-electron chi connectivity index (χ0n) is 51.9. The van der Waals surface area contributed by atoms with Crippen molar-refractivity contribution in [2.75, 3.05) is 39.6 Å². The van der Waals surface area contributed by atoms with Crippen LogP contribution < -0.4 is 0 Å². The predicted octanol–water partition coefficient (Wildman–Crippen LogP) is 17.0. The summed E-state index contributed by atoms with van der Waals surface area (Å²) in [6.07, 6.45) is 39.1. The highest BCUT2D eigenvalue weighted by Gasteiger charge is 2.30. The molecule has 0 fully saturated rings. The second-order valence-corrected chi connectivity index (χ2v) is 25.8. The van der Waals surface area contributed by atoms with Crippen LogP contribution in [0.15, 0.2) is 0 Å². The third kappa shape index (κ3) is 56.9. The Balaban J connectivity index is 5.19. The van der Waals surface area contributed by atoms with Crippen molar-refractivity contribution in [3.8, 4) is 0 Å². The van der Waals surface area contributed by atoms with E-state index in [0.29, 0.717) is 31.6 Å². The summed E-state index contributed by atoms with van der Waals surface area (Å²) in [6, 6.07) is 0. The van der Waals surface area contributed by atoms with Gasteiger partial charge in [0.25, 0.3) is 0 Å². The van der Waals surface area contributed by atoms with E-state index < -0.39 is 97.5 Å². The van der Waals surface area contributed by atoms with Gasteiger partial charge in [0.1, 0.15) is 19.3 Å². The highest BCUT2D eigenvalue weighted by Crippen LogP contribution is 2.45. The third-order valence-corrected chi connectivity index (χ3v) is 16.2. The summed E-state index contributed by atoms with van der Waals surface area (Å²) in [5.74, 6) is -1.43. The zero-order chi connectivity index (χ0) is 59.9. The van der Waals surface area contributed by atoms with E-state index in [0.717, 1.165) is 109 Å². The molecule has 81 heavy (non-hydrogen) atoms. The number of phosphoric ester groups is 2. The van der Waals surface area contributed by atoms with Gasteiger partial charge in [0.2, 0.25) is 0 Å². The van der Waals surface area contributed by atoms with Crippen LogP contribution in [0.2, 0.25) is 0 Å². The third-order valence-electron chi connectivity index (χ3n) is 14.3. The molecule has 17 nitrogen and oxygen atoms in total. The highest BCUT2D eigenvalue weighted by atomic mass is 31.2. The van der Waals surface area contributed by atoms with Crippen LogP contribution in [-0.2, 0) is 65.4 Å². The monoisotopic (exact) mass is 1200 g/mol. The SMILES string of the molecule is CCCCCCCCCCCCCCCCCC(=O)O[C@H](COC(=O)CCCCCCCCCC(C)C)COP(=O)(O)OC[C@@H](O)COP(=O)(O)OC[C@@H](COC(=O)CCCCCCCCCC)OC(=O)CCCCCCCCCC. The molecular weight excluding hydrogens is 1080 g/mol. The van der Waals surface area contributed by atoms with Gasteiger partial charge in [0, 0.05) is 25.7 Å². The Labute approximate surface area is 492 Å². The van der Waals surface area contributed by atoms with Gasteiger partial charge in [-0.05, 0) is 31.6 Å². The number of esters is 4. The van der Waals surface area contributed by atoms with E-state index in [2.05, 4.69) is 34.6 Å². The minimum Gasteiger partial charge on any atom is -0.462 e. The molecule has 480 valence electrons. The predicted molar refractivity (Wildman–Crippen MR) is 322 cm³/mol. The maximum Gasteiger partial charge on any atom is 0.472 e. The first kappa shape index (κ1) is 79.1. The molecule has 0 rings (SSSR count). The summed E-state index contributed by atoms with van der Waals surface area (Å²) in [4.78, 5) is 72.0. The lowest BCUT2D eigenvalue weighted by atomic mass is 10.0. The Morgan fingerprint density at radius 3 is 0.840 bits per heavy atom. The van der Waals surface area contributed by atoms with Crippen LogP contribution in [0.25, 0.3) is 0 Å². The fraction of sp³-hybridized carbons (Fsp3) is 0.935. The molecule has 0 aliphatic rings. The van der Waals surface area contributed by atoms with E-state index in [4.69, 9.17) is 37.0 Å². The molecule has 0 aromatic carbocycles. The number of rotatable bonds is 62. The van der Waals surface area contributed by atoms with Crippen LogP contribution in [0.1, 0.15) is 311 Å². The number of phosphoric acid groups is 2. The lowest BCUT2D eigenvalue weighted by Crippen LogP contribution is -2.30. The number of unbranched alkanes of at least 4 members (excludes halogenated alkanes) is 34. The number of ether oxygens (including phenoxy) is 4. The molecule has 0 amide bonds. The Morgan fingerprint density at radius 2 is 0.568 bits per heavy atom. The average Bonchev–Trinajstić information content (AvgIpc) is 3.43. The lowest BCUT2D eigenvalue weighted by molar-refractivity contribution is -0.161. The maximum absolute atomic E-state index is 13.0. The van der Waals surface area contributed by atoms with Crippen molar-refractivity contribution in [3.05, 3.63) is 0 Å². The largest absolute Gasteiger partial charge is 0.472 e. The standard InChI is InChI=1S/C62H120O17P2/c1-6-9-12-15-18-21-22-23-24-25-26-27-32-38-43-48-62(67)79-58(52-73-60(65)46-41-36-33-28-29-34-39-44-55(4)5)54-77-81(70,71)75-50-56(63)49-74-80(68,69)76-53-57(78-61(66)47-42-37-31-20-17-14-11-8-3)51-72-59(64)45-40-35-30-19-16-13-10-7-2/h55-58,63H,6-54H2,1-5H3,(H,68,69)(H,70,71)/t56-,57+,58+/m0/s1. The van der Waals surface area contributed by atoms with Gasteiger partial charge >= 0.3 is 39.5 Å². The van der Waals surface area contributed by atoms with E-state index in [1.807, 2.05) is 0 Å². The second-order valence-electron chi connectivity index (χ2n) is 22.9. The van der Waals surface area contributed by atoms with E-state index in [9.17, 15) is 43.2 Å². The fourth-order valence-corrected chi connectivity index (χ4v) is 10.8. The molecule has 3 N–H and O–H groups in total. The van der Waals surface area contributed by atoms with Crippen molar-refractivity contribution >= 4 is 39.5 Å². The molecule has 0 aliphatic carbocycles. The van der Waals surface area contributed by atoms with Gasteiger partial charge in [0.15, 0.2) is 12.2 Å². The molecular formula is C62H120O17P2. The summed E-state index contributed by atoms with van der Waals surface area (Å²) in [5, 5.41) is 10.5. The Kier molecular flexibility index (Phi) is 54.6. The van der Waals surface area contributed by atoms with Gasteiger partial charge in [-0.1, -0.05) is 259 Å². The molecule has 2 unspecified atom stereocenters. The Morgan fingerprint density at radius 1 is 0.333 bits per heavy atom. The van der Waals surface area contributed by atoms with Crippen molar-refractivity contribution in [3.63, 3.8) is 0 Å². The van der Waals surface area contributed by atoms with Gasteiger partial charge in [-0.2, -0.15) is 0 Å². The lowest BCUT2D eigenvalue weighted by Gasteiger charge is -2.21. The quantitative estimate of drug-likeness (QED) is 0.0222. The number of hydrogen-bond acceptors (Lipinski definition) is 15. The minimum absolute atomic E-state index is 0.105.